The summed E-state index contributed by atoms with van der Waals surface area (Å²) in [6, 6.07) is 0. The van der Waals surface area contributed by atoms with Crippen LogP contribution in [-0.4, -0.2) is 32.5 Å². The quantitative estimate of drug-likeness (QED) is 0.475. The van der Waals surface area contributed by atoms with E-state index >= 15 is 0 Å². The van der Waals surface area contributed by atoms with E-state index in [1.54, 1.807) is 0 Å². The van der Waals surface area contributed by atoms with Crippen LogP contribution in [0.2, 0.25) is 0 Å². The Kier molecular flexibility index (Phi) is 9.02. The average Bonchev–Trinajstić information content (AvgIpc) is 1.38. The van der Waals surface area contributed by atoms with Gasteiger partial charge in [-0.15, -0.1) is 0 Å². The maximum absolute atomic E-state index is 9.50. The third-order valence-corrected chi connectivity index (χ3v) is 0.272. The molecule has 0 aromatic rings. The number of hydrogen-bond donors (Lipinski definition) is 0. The van der Waals surface area contributed by atoms with Crippen LogP contribution < -0.4 is 0 Å². The molecule has 0 bridgehead atoms. The van der Waals surface area contributed by atoms with Crippen molar-refractivity contribution >= 4 is 32.5 Å². The van der Waals surface area contributed by atoms with Crippen LogP contribution in [0.5, 0.6) is 0 Å². The number of rotatable bonds is 1. The van der Waals surface area contributed by atoms with E-state index < -0.39 is 0 Å². The van der Waals surface area contributed by atoms with E-state index in [2.05, 4.69) is 0 Å². The predicted molar refractivity (Wildman–Crippen MR) is 30.8 cm³/mol. The van der Waals surface area contributed by atoms with Gasteiger partial charge in [0.15, 0.2) is 0 Å². The molecule has 6 heavy (non-hydrogen) atoms. The van der Waals surface area contributed by atoms with Crippen molar-refractivity contribution in [1.82, 2.24) is 0 Å². The minimum atomic E-state index is 0. The molecule has 0 rings (SSSR count). The Morgan fingerprint density at radius 3 is 1.67 bits per heavy atom. The van der Waals surface area contributed by atoms with E-state index in [4.69, 9.17) is 0 Å². The number of hydrogen-bond acceptors (Lipinski definition) is 1. The van der Waals surface area contributed by atoms with E-state index in [-0.39, 0.29) is 32.1 Å². The molecule has 0 radical (unpaired) electrons. The fourth-order valence-electron chi connectivity index (χ4n) is 0. The van der Waals surface area contributed by atoms with Crippen molar-refractivity contribution in [3.8, 4) is 0 Å². The number of carbonyl (C=O) groups excluding carboxylic acids is 1. The molecular weight excluding hydrogens is 273 g/mol. The first-order chi connectivity index (χ1) is 2.27. The molecule has 0 heterocycles. The van der Waals surface area contributed by atoms with Gasteiger partial charge in [-0.25, -0.2) is 0 Å². The maximum atomic E-state index is 9.50. The van der Waals surface area contributed by atoms with Crippen molar-refractivity contribution in [2.24, 2.45) is 5.92 Å². The van der Waals surface area contributed by atoms with Crippen LogP contribution in [0.1, 0.15) is 13.8 Å². The second kappa shape index (κ2) is 5.55. The molecule has 0 aliphatic carbocycles. The second-order valence-corrected chi connectivity index (χ2v) is 1.38. The SMILES string of the molecule is CC(C)C=O.[BiH3]. The van der Waals surface area contributed by atoms with Crippen molar-refractivity contribution in [3.05, 3.63) is 0 Å². The summed E-state index contributed by atoms with van der Waals surface area (Å²) in [5.74, 6) is 0.204. The first kappa shape index (κ1) is 9.75. The van der Waals surface area contributed by atoms with E-state index in [9.17, 15) is 4.79 Å². The molecule has 0 fully saturated rings. The zero-order chi connectivity index (χ0) is 4.28. The standard InChI is InChI=1S/C4H8O.Bi.3H/c1-4(2)3-5;;;;/h3-4H,1-2H3;;;;. The number of aldehydes is 1. The molecule has 1 nitrogen and oxygen atoms in total. The Labute approximate surface area is 57.2 Å². The van der Waals surface area contributed by atoms with Crippen LogP contribution in [0.3, 0.4) is 0 Å². The zero-order valence-corrected chi connectivity index (χ0v) is 9.77. The summed E-state index contributed by atoms with van der Waals surface area (Å²) < 4.78 is 0. The molecule has 0 N–H and O–H groups in total. The van der Waals surface area contributed by atoms with Gasteiger partial charge in [-0.1, -0.05) is 13.8 Å². The fourth-order valence-corrected chi connectivity index (χ4v) is 0. The molecule has 0 aliphatic heterocycles. The normalized spacial score (nSPS) is 7.17. The monoisotopic (exact) mass is 284 g/mol. The molecule has 0 saturated heterocycles. The molecule has 2 heteroatoms. The van der Waals surface area contributed by atoms with Crippen molar-refractivity contribution in [3.63, 3.8) is 0 Å². The Balaban J connectivity index is 0. The van der Waals surface area contributed by atoms with E-state index in [0.29, 0.717) is 0 Å². The zero-order valence-electron chi connectivity index (χ0n) is 4.27. The molecule has 0 amide bonds. The Morgan fingerprint density at radius 1 is 1.50 bits per heavy atom. The first-order valence-corrected chi connectivity index (χ1v) is 1.72. The molecule has 38 valence electrons. The van der Waals surface area contributed by atoms with E-state index in [1.807, 2.05) is 13.8 Å². The Morgan fingerprint density at radius 2 is 1.67 bits per heavy atom. The molecule has 0 saturated carbocycles. The molecule has 0 atom stereocenters. The molecule has 0 aromatic carbocycles. The van der Waals surface area contributed by atoms with Crippen molar-refractivity contribution in [2.75, 3.05) is 0 Å². The van der Waals surface area contributed by atoms with Crippen molar-refractivity contribution < 1.29 is 4.79 Å². The van der Waals surface area contributed by atoms with Gasteiger partial charge < -0.3 is 4.79 Å². The Bertz CT molecular complexity index is 34.5. The Hall–Kier alpha value is 0.553. The van der Waals surface area contributed by atoms with Crippen molar-refractivity contribution in [1.29, 1.82) is 0 Å². The summed E-state index contributed by atoms with van der Waals surface area (Å²) in [5, 5.41) is 0. The average molecular weight is 284 g/mol. The molecule has 0 aromatic heterocycles. The molecule has 0 unspecified atom stereocenters. The topological polar surface area (TPSA) is 17.1 Å². The van der Waals surface area contributed by atoms with Crippen LogP contribution in [0.4, 0.5) is 0 Å². The van der Waals surface area contributed by atoms with E-state index in [0.717, 1.165) is 6.29 Å². The van der Waals surface area contributed by atoms with Gasteiger partial charge in [0, 0.05) is 5.92 Å². The summed E-state index contributed by atoms with van der Waals surface area (Å²) in [6.45, 7) is 3.71. The third-order valence-electron chi connectivity index (χ3n) is 0.272. The van der Waals surface area contributed by atoms with E-state index in [1.165, 1.54) is 0 Å². The van der Waals surface area contributed by atoms with Gasteiger partial charge in [-0.3, -0.25) is 0 Å². The van der Waals surface area contributed by atoms with Gasteiger partial charge in [0.05, 0.1) is 0 Å². The first-order valence-electron chi connectivity index (χ1n) is 1.72. The van der Waals surface area contributed by atoms with Gasteiger partial charge in [0.25, 0.3) is 0 Å². The van der Waals surface area contributed by atoms with Crippen LogP contribution in [0.15, 0.2) is 0 Å². The number of carbonyl (C=O) groups is 1. The molecular formula is C4H11BiO. The van der Waals surface area contributed by atoms with Crippen LogP contribution >= 0.6 is 0 Å². The molecule has 0 spiro atoms. The minimum absolute atomic E-state index is 0. The summed E-state index contributed by atoms with van der Waals surface area (Å²) in [4.78, 5) is 9.50. The van der Waals surface area contributed by atoms with Crippen molar-refractivity contribution in [2.45, 2.75) is 13.8 Å². The van der Waals surface area contributed by atoms with Gasteiger partial charge in [-0.2, -0.15) is 0 Å². The predicted octanol–water partition coefficient (Wildman–Crippen LogP) is -0.343. The van der Waals surface area contributed by atoms with Crippen LogP contribution in [0.25, 0.3) is 0 Å². The third kappa shape index (κ3) is 8.82. The van der Waals surface area contributed by atoms with Crippen LogP contribution in [-0.2, 0) is 4.79 Å². The van der Waals surface area contributed by atoms with Gasteiger partial charge in [0.2, 0.25) is 0 Å². The molecule has 0 aliphatic rings. The summed E-state index contributed by atoms with van der Waals surface area (Å²) in [6.07, 6.45) is 0.917. The van der Waals surface area contributed by atoms with Gasteiger partial charge in [-0.05, 0) is 0 Å². The van der Waals surface area contributed by atoms with Crippen LogP contribution in [0, 0.1) is 5.92 Å². The fraction of sp³-hybridized carbons (Fsp3) is 0.750. The van der Waals surface area contributed by atoms with Gasteiger partial charge in [0.1, 0.15) is 6.29 Å². The summed E-state index contributed by atoms with van der Waals surface area (Å²) >= 11 is 0. The summed E-state index contributed by atoms with van der Waals surface area (Å²) in [7, 11) is 0. The second-order valence-electron chi connectivity index (χ2n) is 1.38. The van der Waals surface area contributed by atoms with Gasteiger partial charge >= 0.3 is 26.2 Å². The summed E-state index contributed by atoms with van der Waals surface area (Å²) in [5.41, 5.74) is 0.